The van der Waals surface area contributed by atoms with E-state index >= 15 is 0 Å². The SMILES string of the molecule is COc1cc(C)cc(OC)c1-c1nc(N(C)C)ns1. The highest BCUT2D eigenvalue weighted by atomic mass is 32.1. The Labute approximate surface area is 117 Å². The number of benzene rings is 1. The molecule has 0 amide bonds. The second-order valence-corrected chi connectivity index (χ2v) is 5.09. The lowest BCUT2D eigenvalue weighted by Crippen LogP contribution is -2.10. The zero-order valence-electron chi connectivity index (χ0n) is 11.7. The third kappa shape index (κ3) is 2.63. The Hall–Kier alpha value is -1.82. The lowest BCUT2D eigenvalue weighted by Gasteiger charge is -2.12. The van der Waals surface area contributed by atoms with E-state index in [-0.39, 0.29) is 0 Å². The van der Waals surface area contributed by atoms with Gasteiger partial charge in [0, 0.05) is 14.1 Å². The van der Waals surface area contributed by atoms with Crippen LogP contribution in [-0.4, -0.2) is 37.7 Å². The number of nitrogens with zero attached hydrogens (tertiary/aromatic N) is 3. The van der Waals surface area contributed by atoms with Gasteiger partial charge in [-0.25, -0.2) is 0 Å². The van der Waals surface area contributed by atoms with Crippen LogP contribution in [0.3, 0.4) is 0 Å². The zero-order valence-corrected chi connectivity index (χ0v) is 12.5. The van der Waals surface area contributed by atoms with Crippen molar-refractivity contribution in [1.29, 1.82) is 0 Å². The van der Waals surface area contributed by atoms with Crippen molar-refractivity contribution in [3.05, 3.63) is 17.7 Å². The maximum Gasteiger partial charge on any atom is 0.237 e. The molecule has 0 radical (unpaired) electrons. The van der Waals surface area contributed by atoms with E-state index in [2.05, 4.69) is 9.36 Å². The summed E-state index contributed by atoms with van der Waals surface area (Å²) in [4.78, 5) is 6.37. The first-order chi connectivity index (χ1) is 9.06. The van der Waals surface area contributed by atoms with Crippen molar-refractivity contribution in [2.45, 2.75) is 6.92 Å². The monoisotopic (exact) mass is 279 g/mol. The number of hydrogen-bond donors (Lipinski definition) is 0. The van der Waals surface area contributed by atoms with Gasteiger partial charge in [0.05, 0.1) is 19.8 Å². The van der Waals surface area contributed by atoms with E-state index in [0.29, 0.717) is 5.95 Å². The molecule has 1 aromatic heterocycles. The highest BCUT2D eigenvalue weighted by Gasteiger charge is 2.18. The molecule has 1 heterocycles. The van der Waals surface area contributed by atoms with E-state index < -0.39 is 0 Å². The number of hydrogen-bond acceptors (Lipinski definition) is 6. The molecule has 0 fully saturated rings. The third-order valence-corrected chi connectivity index (χ3v) is 3.40. The number of rotatable bonds is 4. The average Bonchev–Trinajstić information content (AvgIpc) is 2.86. The standard InChI is InChI=1S/C13H17N3O2S/c1-8-6-9(17-4)11(10(7-8)18-5)12-14-13(15-19-12)16(2)3/h6-7H,1-5H3. The fourth-order valence-corrected chi connectivity index (χ4v) is 2.54. The lowest BCUT2D eigenvalue weighted by atomic mass is 10.1. The van der Waals surface area contributed by atoms with Crippen LogP contribution in [-0.2, 0) is 0 Å². The van der Waals surface area contributed by atoms with Gasteiger partial charge in [-0.15, -0.1) is 0 Å². The van der Waals surface area contributed by atoms with Crippen LogP contribution in [0, 0.1) is 6.92 Å². The number of aryl methyl sites for hydroxylation is 1. The largest absolute Gasteiger partial charge is 0.496 e. The van der Waals surface area contributed by atoms with Crippen molar-refractivity contribution in [2.75, 3.05) is 33.2 Å². The number of ether oxygens (including phenoxy) is 2. The first-order valence-electron chi connectivity index (χ1n) is 5.80. The summed E-state index contributed by atoms with van der Waals surface area (Å²) in [5.74, 6) is 2.18. The molecule has 0 aliphatic rings. The molecule has 19 heavy (non-hydrogen) atoms. The minimum absolute atomic E-state index is 0.685. The van der Waals surface area contributed by atoms with Gasteiger partial charge in [0.25, 0.3) is 0 Å². The van der Waals surface area contributed by atoms with Crippen LogP contribution in [0.1, 0.15) is 5.56 Å². The Balaban J connectivity index is 2.58. The fraction of sp³-hybridized carbons (Fsp3) is 0.385. The highest BCUT2D eigenvalue weighted by Crippen LogP contribution is 2.40. The second kappa shape index (κ2) is 5.44. The summed E-state index contributed by atoms with van der Waals surface area (Å²) in [6, 6.07) is 3.93. The smallest absolute Gasteiger partial charge is 0.237 e. The summed E-state index contributed by atoms with van der Waals surface area (Å²) in [5.41, 5.74) is 1.93. The van der Waals surface area contributed by atoms with Gasteiger partial charge in [0.2, 0.25) is 5.95 Å². The quantitative estimate of drug-likeness (QED) is 0.861. The number of methoxy groups -OCH3 is 2. The number of aromatic nitrogens is 2. The Morgan fingerprint density at radius 3 is 2.11 bits per heavy atom. The van der Waals surface area contributed by atoms with E-state index in [9.17, 15) is 0 Å². The topological polar surface area (TPSA) is 47.5 Å². The molecule has 2 aromatic rings. The maximum atomic E-state index is 5.44. The molecule has 0 aliphatic carbocycles. The Morgan fingerprint density at radius 2 is 1.68 bits per heavy atom. The molecule has 0 aliphatic heterocycles. The second-order valence-electron chi connectivity index (χ2n) is 4.34. The molecule has 2 rings (SSSR count). The highest BCUT2D eigenvalue weighted by molar-refractivity contribution is 7.09. The van der Waals surface area contributed by atoms with Gasteiger partial charge in [-0.05, 0) is 36.2 Å². The summed E-state index contributed by atoms with van der Waals surface area (Å²) in [7, 11) is 7.11. The van der Waals surface area contributed by atoms with Gasteiger partial charge < -0.3 is 14.4 Å². The molecular weight excluding hydrogens is 262 g/mol. The molecule has 102 valence electrons. The molecule has 5 nitrogen and oxygen atoms in total. The average molecular weight is 279 g/mol. The van der Waals surface area contributed by atoms with Crippen molar-refractivity contribution in [3.63, 3.8) is 0 Å². The van der Waals surface area contributed by atoms with Crippen LogP contribution < -0.4 is 14.4 Å². The van der Waals surface area contributed by atoms with Crippen molar-refractivity contribution in [2.24, 2.45) is 0 Å². The summed E-state index contributed by atoms with van der Waals surface area (Å²) >= 11 is 1.33. The Bertz CT molecular complexity index is 556. The van der Waals surface area contributed by atoms with Crippen molar-refractivity contribution < 1.29 is 9.47 Å². The van der Waals surface area contributed by atoms with E-state index in [1.165, 1.54) is 11.5 Å². The van der Waals surface area contributed by atoms with E-state index in [0.717, 1.165) is 27.6 Å². The predicted octanol–water partition coefficient (Wildman–Crippen LogP) is 2.60. The van der Waals surface area contributed by atoms with Gasteiger partial charge in [0.1, 0.15) is 11.5 Å². The summed E-state index contributed by atoms with van der Waals surface area (Å²) in [5, 5.41) is 0.789. The van der Waals surface area contributed by atoms with Gasteiger partial charge in [-0.2, -0.15) is 9.36 Å². The van der Waals surface area contributed by atoms with E-state index in [4.69, 9.17) is 9.47 Å². The van der Waals surface area contributed by atoms with Crippen LogP contribution in [0.5, 0.6) is 11.5 Å². The zero-order chi connectivity index (χ0) is 14.0. The summed E-state index contributed by atoms with van der Waals surface area (Å²) in [6.45, 7) is 2.00. The first kappa shape index (κ1) is 13.6. The van der Waals surface area contributed by atoms with E-state index in [1.54, 1.807) is 14.2 Å². The molecule has 6 heteroatoms. The summed E-state index contributed by atoms with van der Waals surface area (Å²) < 4.78 is 15.2. The molecule has 0 atom stereocenters. The van der Waals surface area contributed by atoms with Gasteiger partial charge >= 0.3 is 0 Å². The van der Waals surface area contributed by atoms with Crippen LogP contribution >= 0.6 is 11.5 Å². The van der Waals surface area contributed by atoms with Crippen molar-refractivity contribution in [1.82, 2.24) is 9.36 Å². The van der Waals surface area contributed by atoms with E-state index in [1.807, 2.05) is 38.1 Å². The molecule has 0 saturated carbocycles. The molecule has 0 spiro atoms. The molecule has 0 bridgehead atoms. The minimum Gasteiger partial charge on any atom is -0.496 e. The van der Waals surface area contributed by atoms with Crippen LogP contribution in [0.4, 0.5) is 5.95 Å². The van der Waals surface area contributed by atoms with Crippen LogP contribution in [0.15, 0.2) is 12.1 Å². The Kier molecular flexibility index (Phi) is 3.90. The van der Waals surface area contributed by atoms with Crippen LogP contribution in [0.2, 0.25) is 0 Å². The summed E-state index contributed by atoms with van der Waals surface area (Å²) in [6.07, 6.45) is 0. The molecule has 0 saturated heterocycles. The van der Waals surface area contributed by atoms with Gasteiger partial charge in [0.15, 0.2) is 5.01 Å². The molecular formula is C13H17N3O2S. The van der Waals surface area contributed by atoms with Crippen molar-refractivity contribution in [3.8, 4) is 22.1 Å². The first-order valence-corrected chi connectivity index (χ1v) is 6.58. The molecule has 0 unspecified atom stereocenters. The Morgan fingerprint density at radius 1 is 1.11 bits per heavy atom. The normalized spacial score (nSPS) is 10.4. The van der Waals surface area contributed by atoms with Crippen LogP contribution in [0.25, 0.3) is 10.6 Å². The maximum absolute atomic E-state index is 5.44. The number of anilines is 1. The van der Waals surface area contributed by atoms with Gasteiger partial charge in [-0.3, -0.25) is 0 Å². The molecule has 1 aromatic carbocycles. The van der Waals surface area contributed by atoms with Crippen molar-refractivity contribution >= 4 is 17.5 Å². The fourth-order valence-electron chi connectivity index (χ4n) is 1.75. The predicted molar refractivity (Wildman–Crippen MR) is 77.5 cm³/mol. The molecule has 0 N–H and O–H groups in total. The lowest BCUT2D eigenvalue weighted by molar-refractivity contribution is 0.397. The third-order valence-electron chi connectivity index (χ3n) is 2.68. The van der Waals surface area contributed by atoms with Gasteiger partial charge in [-0.1, -0.05) is 0 Å². The minimum atomic E-state index is 0.685.